The molecule has 0 amide bonds. The Kier molecular flexibility index (Phi) is 4.45. The fourth-order valence-electron chi connectivity index (χ4n) is 5.55. The van der Waals surface area contributed by atoms with Crippen LogP contribution in [0.25, 0.3) is 66.6 Å². The Morgan fingerprint density at radius 1 is 0.553 bits per heavy atom. The molecular weight excluding hydrogens is 466 g/mol. The first-order valence-electron chi connectivity index (χ1n) is 12.6. The Balaban J connectivity index is 1.52. The molecule has 0 spiro atoms. The summed E-state index contributed by atoms with van der Waals surface area (Å²) in [5.41, 5.74) is 5.67. The van der Waals surface area contributed by atoms with E-state index in [-0.39, 0.29) is 0 Å². The molecule has 0 atom stereocenters. The van der Waals surface area contributed by atoms with E-state index in [2.05, 4.69) is 99.2 Å². The van der Waals surface area contributed by atoms with E-state index in [1.54, 1.807) is 0 Å². The molecule has 0 unspecified atom stereocenters. The van der Waals surface area contributed by atoms with Gasteiger partial charge in [0.1, 0.15) is 5.69 Å². The van der Waals surface area contributed by atoms with Crippen molar-refractivity contribution >= 4 is 43.6 Å². The third-order valence-corrected chi connectivity index (χ3v) is 7.24. The molecule has 0 bridgehead atoms. The lowest BCUT2D eigenvalue weighted by Crippen LogP contribution is -2.05. The van der Waals surface area contributed by atoms with Gasteiger partial charge in [-0.2, -0.15) is 4.98 Å². The van der Waals surface area contributed by atoms with Crippen LogP contribution < -0.4 is 0 Å². The van der Waals surface area contributed by atoms with Gasteiger partial charge in [-0.05, 0) is 53.2 Å². The van der Waals surface area contributed by atoms with E-state index < -0.39 is 0 Å². The van der Waals surface area contributed by atoms with Crippen molar-refractivity contribution in [3.05, 3.63) is 128 Å². The average Bonchev–Trinajstić information content (AvgIpc) is 3.57. The molecule has 5 nitrogen and oxygen atoms in total. The first-order chi connectivity index (χ1) is 18.9. The van der Waals surface area contributed by atoms with Crippen LogP contribution in [0.2, 0.25) is 0 Å². The third kappa shape index (κ3) is 3.02. The molecule has 8 rings (SSSR count). The molecule has 0 aliphatic heterocycles. The zero-order valence-corrected chi connectivity index (χ0v) is 20.4. The van der Waals surface area contributed by atoms with Gasteiger partial charge in [-0.25, -0.2) is 4.98 Å². The molecule has 0 saturated carbocycles. The minimum Gasteiger partial charge on any atom is -0.301 e. The van der Waals surface area contributed by atoms with Crippen LogP contribution in [-0.2, 0) is 0 Å². The highest BCUT2D eigenvalue weighted by Crippen LogP contribution is 2.37. The molecule has 178 valence electrons. The summed E-state index contributed by atoms with van der Waals surface area (Å²) in [6.07, 6.45) is 3.87. The van der Waals surface area contributed by atoms with Gasteiger partial charge in [-0.15, -0.1) is 0 Å². The normalized spacial score (nSPS) is 11.7. The van der Waals surface area contributed by atoms with Crippen LogP contribution in [0.15, 0.2) is 128 Å². The highest BCUT2D eigenvalue weighted by Gasteiger charge is 2.20. The van der Waals surface area contributed by atoms with Crippen molar-refractivity contribution < 1.29 is 0 Å². The van der Waals surface area contributed by atoms with E-state index in [1.165, 1.54) is 21.5 Å². The van der Waals surface area contributed by atoms with Crippen LogP contribution in [0.1, 0.15) is 0 Å². The van der Waals surface area contributed by atoms with Crippen molar-refractivity contribution in [3.63, 3.8) is 0 Å². The van der Waals surface area contributed by atoms with E-state index in [9.17, 15) is 0 Å². The van der Waals surface area contributed by atoms with E-state index in [1.807, 2.05) is 42.6 Å². The first kappa shape index (κ1) is 20.9. The van der Waals surface area contributed by atoms with Gasteiger partial charge < -0.3 is 4.57 Å². The quantitative estimate of drug-likeness (QED) is 0.256. The Morgan fingerprint density at radius 3 is 2.21 bits per heavy atom. The molecule has 0 N–H and O–H groups in total. The van der Waals surface area contributed by atoms with Gasteiger partial charge in [0.2, 0.25) is 5.95 Å². The maximum atomic E-state index is 5.21. The Bertz CT molecular complexity index is 2120. The van der Waals surface area contributed by atoms with Crippen LogP contribution in [0.4, 0.5) is 0 Å². The fraction of sp³-hybridized carbons (Fsp3) is 0. The van der Waals surface area contributed by atoms with Crippen molar-refractivity contribution in [2.75, 3.05) is 0 Å². The zero-order chi connectivity index (χ0) is 25.1. The minimum absolute atomic E-state index is 0.621. The van der Waals surface area contributed by atoms with E-state index in [0.717, 1.165) is 39.1 Å². The third-order valence-electron chi connectivity index (χ3n) is 7.24. The molecule has 38 heavy (non-hydrogen) atoms. The molecule has 4 aromatic heterocycles. The SMILES string of the molecule is c1ccc(-n2ccc3c(-c4ccccn4)nc(-n4c5ccccc5c5c6ccccc6ccc54)nc32)cc1. The number of aromatic nitrogens is 5. The topological polar surface area (TPSA) is 48.5 Å². The van der Waals surface area contributed by atoms with Gasteiger partial charge in [0.25, 0.3) is 0 Å². The number of pyridine rings is 1. The standard InChI is InChI=1S/C33H21N5/c1-2-11-23(12-3-1)37-21-19-26-31(27-15-8-9-20-34-27)35-33(36-32(26)37)38-28-16-7-6-14-25(28)30-24-13-5-4-10-22(24)17-18-29(30)38/h1-21H. The van der Waals surface area contributed by atoms with Crippen molar-refractivity contribution in [3.8, 4) is 23.0 Å². The first-order valence-corrected chi connectivity index (χ1v) is 12.6. The van der Waals surface area contributed by atoms with Crippen LogP contribution in [0, 0.1) is 0 Å². The summed E-state index contributed by atoms with van der Waals surface area (Å²) in [5.74, 6) is 0.621. The van der Waals surface area contributed by atoms with Crippen LogP contribution in [0.5, 0.6) is 0 Å². The fourth-order valence-corrected chi connectivity index (χ4v) is 5.55. The molecule has 5 heteroatoms. The lowest BCUT2D eigenvalue weighted by Gasteiger charge is -2.11. The largest absolute Gasteiger partial charge is 0.301 e. The van der Waals surface area contributed by atoms with Crippen LogP contribution in [-0.4, -0.2) is 24.1 Å². The monoisotopic (exact) mass is 487 g/mol. The molecule has 0 aliphatic carbocycles. The van der Waals surface area contributed by atoms with Gasteiger partial charge in [0.15, 0.2) is 5.65 Å². The number of benzene rings is 4. The van der Waals surface area contributed by atoms with E-state index in [0.29, 0.717) is 5.95 Å². The number of fused-ring (bicyclic) bond motifs is 6. The van der Waals surface area contributed by atoms with Crippen LogP contribution in [0.3, 0.4) is 0 Å². The lowest BCUT2D eigenvalue weighted by atomic mass is 10.0. The maximum absolute atomic E-state index is 5.21. The van der Waals surface area contributed by atoms with E-state index in [4.69, 9.17) is 9.97 Å². The molecule has 0 saturated heterocycles. The van der Waals surface area contributed by atoms with Gasteiger partial charge in [0, 0.05) is 34.2 Å². The van der Waals surface area contributed by atoms with Gasteiger partial charge in [0.05, 0.1) is 16.7 Å². The number of hydrogen-bond donors (Lipinski definition) is 0. The highest BCUT2D eigenvalue weighted by atomic mass is 15.2. The van der Waals surface area contributed by atoms with Crippen molar-refractivity contribution in [2.24, 2.45) is 0 Å². The maximum Gasteiger partial charge on any atom is 0.237 e. The Labute approximate surface area is 218 Å². The summed E-state index contributed by atoms with van der Waals surface area (Å²) in [4.78, 5) is 15.0. The number of rotatable bonds is 3. The molecule has 4 heterocycles. The summed E-state index contributed by atoms with van der Waals surface area (Å²) in [6.45, 7) is 0. The molecule has 4 aromatic carbocycles. The lowest BCUT2D eigenvalue weighted by molar-refractivity contribution is 0.986. The summed E-state index contributed by atoms with van der Waals surface area (Å²) in [5, 5.41) is 5.79. The van der Waals surface area contributed by atoms with Gasteiger partial charge >= 0.3 is 0 Å². The predicted octanol–water partition coefficient (Wildman–Crippen LogP) is 7.73. The second kappa shape index (κ2) is 8.11. The average molecular weight is 488 g/mol. The van der Waals surface area contributed by atoms with Crippen molar-refractivity contribution in [1.29, 1.82) is 0 Å². The highest BCUT2D eigenvalue weighted by molar-refractivity contribution is 6.21. The molecule has 0 fully saturated rings. The molecular formula is C33H21N5. The molecule has 0 aliphatic rings. The van der Waals surface area contributed by atoms with Gasteiger partial charge in [-0.3, -0.25) is 9.55 Å². The van der Waals surface area contributed by atoms with E-state index >= 15 is 0 Å². The summed E-state index contributed by atoms with van der Waals surface area (Å²) < 4.78 is 4.31. The number of para-hydroxylation sites is 2. The molecule has 0 radical (unpaired) electrons. The number of hydrogen-bond acceptors (Lipinski definition) is 3. The van der Waals surface area contributed by atoms with Crippen molar-refractivity contribution in [1.82, 2.24) is 24.1 Å². The zero-order valence-electron chi connectivity index (χ0n) is 20.4. The molecule has 8 aromatic rings. The minimum atomic E-state index is 0.621. The van der Waals surface area contributed by atoms with Crippen LogP contribution >= 0.6 is 0 Å². The number of nitrogens with zero attached hydrogens (tertiary/aromatic N) is 5. The summed E-state index contributed by atoms with van der Waals surface area (Å²) in [6, 6.07) is 39.7. The Hall–Kier alpha value is -5.29. The second-order valence-electron chi connectivity index (χ2n) is 9.38. The van der Waals surface area contributed by atoms with Gasteiger partial charge in [-0.1, -0.05) is 72.8 Å². The smallest absolute Gasteiger partial charge is 0.237 e. The Morgan fingerprint density at radius 2 is 1.34 bits per heavy atom. The summed E-state index contributed by atoms with van der Waals surface area (Å²) >= 11 is 0. The van der Waals surface area contributed by atoms with Crippen molar-refractivity contribution in [2.45, 2.75) is 0 Å². The summed E-state index contributed by atoms with van der Waals surface area (Å²) in [7, 11) is 0. The predicted molar refractivity (Wildman–Crippen MR) is 154 cm³/mol. The second-order valence-corrected chi connectivity index (χ2v) is 9.38.